The number of hydrogen-bond donors (Lipinski definition) is 1. The number of benzene rings is 1. The molecule has 0 saturated carbocycles. The SMILES string of the molecule is CNC(c1cc(F)c(F)cc1F)C1OCCC1C. The monoisotopic (exact) mass is 259 g/mol. The molecule has 1 aromatic rings. The molecule has 0 bridgehead atoms. The Hall–Kier alpha value is -1.07. The van der Waals surface area contributed by atoms with Gasteiger partial charge in [-0.2, -0.15) is 0 Å². The Balaban J connectivity index is 2.35. The number of ether oxygens (including phenoxy) is 1. The fraction of sp³-hybridized carbons (Fsp3) is 0.538. The fourth-order valence-electron chi connectivity index (χ4n) is 2.42. The number of nitrogens with one attached hydrogen (secondary N) is 1. The van der Waals surface area contributed by atoms with Crippen LogP contribution in [-0.4, -0.2) is 19.8 Å². The van der Waals surface area contributed by atoms with Crippen LogP contribution in [0.15, 0.2) is 12.1 Å². The topological polar surface area (TPSA) is 21.3 Å². The molecule has 2 nitrogen and oxygen atoms in total. The van der Waals surface area contributed by atoms with Gasteiger partial charge >= 0.3 is 0 Å². The number of halogens is 3. The third kappa shape index (κ3) is 2.37. The molecule has 1 saturated heterocycles. The van der Waals surface area contributed by atoms with Crippen LogP contribution in [0.2, 0.25) is 0 Å². The maximum Gasteiger partial charge on any atom is 0.161 e. The highest BCUT2D eigenvalue weighted by molar-refractivity contribution is 5.25. The summed E-state index contributed by atoms with van der Waals surface area (Å²) in [5.74, 6) is -2.73. The van der Waals surface area contributed by atoms with Gasteiger partial charge in [-0.25, -0.2) is 13.2 Å². The van der Waals surface area contributed by atoms with Crippen LogP contribution < -0.4 is 5.32 Å². The summed E-state index contributed by atoms with van der Waals surface area (Å²) < 4.78 is 45.4. The molecule has 1 N–H and O–H groups in total. The third-order valence-electron chi connectivity index (χ3n) is 3.46. The van der Waals surface area contributed by atoms with Crippen LogP contribution in [-0.2, 0) is 4.74 Å². The quantitative estimate of drug-likeness (QED) is 0.843. The van der Waals surface area contributed by atoms with Crippen molar-refractivity contribution in [1.82, 2.24) is 5.32 Å². The molecule has 18 heavy (non-hydrogen) atoms. The van der Waals surface area contributed by atoms with E-state index in [9.17, 15) is 13.2 Å². The Kier molecular flexibility index (Phi) is 3.92. The van der Waals surface area contributed by atoms with E-state index >= 15 is 0 Å². The second-order valence-electron chi connectivity index (χ2n) is 4.66. The minimum absolute atomic E-state index is 0.107. The molecule has 2 rings (SSSR count). The van der Waals surface area contributed by atoms with E-state index in [4.69, 9.17) is 4.74 Å². The number of hydrogen-bond acceptors (Lipinski definition) is 2. The molecule has 0 spiro atoms. The van der Waals surface area contributed by atoms with E-state index < -0.39 is 23.5 Å². The standard InChI is InChI=1S/C13H16F3NO/c1-7-3-4-18-13(7)12(17-2)8-5-10(15)11(16)6-9(8)14/h5-7,12-13,17H,3-4H2,1-2H3. The van der Waals surface area contributed by atoms with E-state index in [2.05, 4.69) is 5.32 Å². The molecule has 0 aromatic heterocycles. The van der Waals surface area contributed by atoms with E-state index in [0.29, 0.717) is 12.7 Å². The predicted molar refractivity (Wildman–Crippen MR) is 61.6 cm³/mol. The van der Waals surface area contributed by atoms with Gasteiger partial charge < -0.3 is 10.1 Å². The predicted octanol–water partition coefficient (Wildman–Crippen LogP) is 2.79. The van der Waals surface area contributed by atoms with E-state index in [0.717, 1.165) is 12.5 Å². The molecule has 100 valence electrons. The zero-order valence-corrected chi connectivity index (χ0v) is 10.3. The van der Waals surface area contributed by atoms with Gasteiger partial charge in [-0.15, -0.1) is 0 Å². The van der Waals surface area contributed by atoms with Crippen LogP contribution in [0, 0.1) is 23.4 Å². The van der Waals surface area contributed by atoms with Crippen molar-refractivity contribution in [3.05, 3.63) is 35.1 Å². The lowest BCUT2D eigenvalue weighted by Crippen LogP contribution is -2.33. The van der Waals surface area contributed by atoms with E-state index in [1.807, 2.05) is 6.92 Å². The number of likely N-dealkylation sites (N-methyl/N-ethyl adjacent to an activating group) is 1. The first-order valence-electron chi connectivity index (χ1n) is 5.98. The molecule has 1 fully saturated rings. The lowest BCUT2D eigenvalue weighted by molar-refractivity contribution is 0.0619. The van der Waals surface area contributed by atoms with Crippen LogP contribution in [0.5, 0.6) is 0 Å². The van der Waals surface area contributed by atoms with Crippen molar-refractivity contribution in [2.75, 3.05) is 13.7 Å². The number of rotatable bonds is 3. The fourth-order valence-corrected chi connectivity index (χ4v) is 2.42. The summed E-state index contributed by atoms with van der Waals surface area (Å²) in [5.41, 5.74) is 0.107. The van der Waals surface area contributed by atoms with Gasteiger partial charge in [0.05, 0.1) is 12.1 Å². The van der Waals surface area contributed by atoms with Gasteiger partial charge in [-0.3, -0.25) is 0 Å². The van der Waals surface area contributed by atoms with E-state index in [-0.39, 0.29) is 17.6 Å². The van der Waals surface area contributed by atoms with Crippen molar-refractivity contribution in [1.29, 1.82) is 0 Å². The van der Waals surface area contributed by atoms with Crippen molar-refractivity contribution in [2.24, 2.45) is 5.92 Å². The summed E-state index contributed by atoms with van der Waals surface area (Å²) in [6.45, 7) is 2.61. The summed E-state index contributed by atoms with van der Waals surface area (Å²) >= 11 is 0. The van der Waals surface area contributed by atoms with Gasteiger partial charge in [0.25, 0.3) is 0 Å². The molecule has 0 amide bonds. The second kappa shape index (κ2) is 5.28. The minimum atomic E-state index is -1.17. The van der Waals surface area contributed by atoms with Crippen molar-refractivity contribution >= 4 is 0 Å². The van der Waals surface area contributed by atoms with Crippen molar-refractivity contribution < 1.29 is 17.9 Å². The molecule has 0 aliphatic carbocycles. The molecular formula is C13H16F3NO. The van der Waals surface area contributed by atoms with Gasteiger partial charge in [0, 0.05) is 18.2 Å². The highest BCUT2D eigenvalue weighted by Crippen LogP contribution is 2.32. The van der Waals surface area contributed by atoms with Crippen LogP contribution in [0.3, 0.4) is 0 Å². The first kappa shape index (κ1) is 13.4. The molecule has 1 aliphatic rings. The van der Waals surface area contributed by atoms with Crippen LogP contribution >= 0.6 is 0 Å². The average molecular weight is 259 g/mol. The summed E-state index contributed by atoms with van der Waals surface area (Å²) in [7, 11) is 1.65. The maximum atomic E-state index is 13.7. The largest absolute Gasteiger partial charge is 0.376 e. The molecule has 5 heteroatoms. The van der Waals surface area contributed by atoms with Crippen LogP contribution in [0.25, 0.3) is 0 Å². The highest BCUT2D eigenvalue weighted by atomic mass is 19.2. The Labute approximate surface area is 104 Å². The van der Waals surface area contributed by atoms with Gasteiger partial charge in [0.1, 0.15) is 5.82 Å². The molecule has 1 aliphatic heterocycles. The van der Waals surface area contributed by atoms with Crippen molar-refractivity contribution in [3.8, 4) is 0 Å². The Morgan fingerprint density at radius 2 is 1.89 bits per heavy atom. The van der Waals surface area contributed by atoms with Gasteiger partial charge in [-0.05, 0) is 25.5 Å². The van der Waals surface area contributed by atoms with Crippen LogP contribution in [0.4, 0.5) is 13.2 Å². The molecular weight excluding hydrogens is 243 g/mol. The average Bonchev–Trinajstić information content (AvgIpc) is 2.73. The van der Waals surface area contributed by atoms with Gasteiger partial charge in [0.15, 0.2) is 11.6 Å². The molecule has 1 heterocycles. The van der Waals surface area contributed by atoms with Crippen LogP contribution in [0.1, 0.15) is 24.9 Å². The summed E-state index contributed by atoms with van der Waals surface area (Å²) in [5, 5.41) is 2.92. The Bertz CT molecular complexity index is 438. The van der Waals surface area contributed by atoms with E-state index in [1.54, 1.807) is 7.05 Å². The first-order chi connectivity index (χ1) is 8.54. The first-order valence-corrected chi connectivity index (χ1v) is 5.98. The Morgan fingerprint density at radius 3 is 2.44 bits per heavy atom. The smallest absolute Gasteiger partial charge is 0.161 e. The maximum absolute atomic E-state index is 13.7. The third-order valence-corrected chi connectivity index (χ3v) is 3.46. The zero-order chi connectivity index (χ0) is 13.3. The summed E-state index contributed by atoms with van der Waals surface area (Å²) in [6, 6.07) is 1.01. The zero-order valence-electron chi connectivity index (χ0n) is 10.3. The lowest BCUT2D eigenvalue weighted by Gasteiger charge is -2.26. The van der Waals surface area contributed by atoms with Gasteiger partial charge in [-0.1, -0.05) is 6.92 Å². The molecule has 1 aromatic carbocycles. The Morgan fingerprint density at radius 1 is 1.22 bits per heavy atom. The second-order valence-corrected chi connectivity index (χ2v) is 4.66. The molecule has 3 atom stereocenters. The summed E-state index contributed by atoms with van der Waals surface area (Å²) in [6.07, 6.45) is 0.656. The highest BCUT2D eigenvalue weighted by Gasteiger charge is 2.34. The van der Waals surface area contributed by atoms with E-state index in [1.165, 1.54) is 0 Å². The van der Waals surface area contributed by atoms with Crippen molar-refractivity contribution in [3.63, 3.8) is 0 Å². The van der Waals surface area contributed by atoms with Crippen molar-refractivity contribution in [2.45, 2.75) is 25.5 Å². The lowest BCUT2D eigenvalue weighted by atomic mass is 9.92. The summed E-state index contributed by atoms with van der Waals surface area (Å²) in [4.78, 5) is 0. The van der Waals surface area contributed by atoms with Gasteiger partial charge in [0.2, 0.25) is 0 Å². The minimum Gasteiger partial charge on any atom is -0.376 e. The normalized spacial score (nSPS) is 25.4. The molecule has 0 radical (unpaired) electrons. The molecule has 3 unspecified atom stereocenters.